The number of carbonyl (C=O) groups excluding carboxylic acids is 1. The minimum Gasteiger partial charge on any atom is -0.338 e. The smallest absolute Gasteiger partial charge is 0.314 e. The molecule has 0 radical (unpaired) electrons. The number of benzene rings is 1. The Labute approximate surface area is 175 Å². The number of nitrogens with zero attached hydrogens (tertiary/aromatic N) is 3. The molecule has 1 aliphatic heterocycles. The molecule has 2 amide bonds. The molecule has 3 N–H and O–H groups in total. The van der Waals surface area contributed by atoms with E-state index in [4.69, 9.17) is 0 Å². The minimum atomic E-state index is -3.56. The quantitative estimate of drug-likeness (QED) is 0.542. The molecule has 1 aromatic carbocycles. The highest BCUT2D eigenvalue weighted by molar-refractivity contribution is 7.89. The van der Waals surface area contributed by atoms with Crippen molar-refractivity contribution in [3.8, 4) is 0 Å². The van der Waals surface area contributed by atoms with Gasteiger partial charge in [0.05, 0.1) is 5.75 Å². The molecule has 164 valence electrons. The van der Waals surface area contributed by atoms with Crippen LogP contribution in [0.15, 0.2) is 24.3 Å². The second-order valence-electron chi connectivity index (χ2n) is 7.19. The van der Waals surface area contributed by atoms with Gasteiger partial charge in [0.1, 0.15) is 17.5 Å². The van der Waals surface area contributed by atoms with E-state index in [2.05, 4.69) is 30.1 Å². The summed E-state index contributed by atoms with van der Waals surface area (Å²) in [6.07, 6.45) is 4.92. The number of sulfonamides is 1. The Morgan fingerprint density at radius 1 is 1.07 bits per heavy atom. The Morgan fingerprint density at radius 2 is 1.83 bits per heavy atom. The number of urea groups is 1. The van der Waals surface area contributed by atoms with Crippen molar-refractivity contribution in [2.24, 2.45) is 0 Å². The number of aromatic nitrogens is 3. The fourth-order valence-electron chi connectivity index (χ4n) is 3.25. The molecule has 30 heavy (non-hydrogen) atoms. The maximum atomic E-state index is 12.9. The summed E-state index contributed by atoms with van der Waals surface area (Å²) in [7, 11) is -3.56. The SMILES string of the molecule is O=C(NCCc1nnc2n1CCCCC2)NCCS(=O)(=O)NCc1ccc(F)cc1. The van der Waals surface area contributed by atoms with Crippen molar-refractivity contribution in [2.45, 2.75) is 45.2 Å². The minimum absolute atomic E-state index is 0.0229. The van der Waals surface area contributed by atoms with E-state index in [0.29, 0.717) is 18.5 Å². The number of hydrogen-bond donors (Lipinski definition) is 3. The van der Waals surface area contributed by atoms with Gasteiger partial charge in [0, 0.05) is 39.0 Å². The van der Waals surface area contributed by atoms with Crippen LogP contribution < -0.4 is 15.4 Å². The van der Waals surface area contributed by atoms with E-state index in [1.807, 2.05) is 0 Å². The van der Waals surface area contributed by atoms with Gasteiger partial charge in [-0.15, -0.1) is 10.2 Å². The first-order valence-corrected chi connectivity index (χ1v) is 11.7. The summed E-state index contributed by atoms with van der Waals surface area (Å²) in [6, 6.07) is 5.13. The van der Waals surface area contributed by atoms with Crippen LogP contribution in [0.2, 0.25) is 0 Å². The van der Waals surface area contributed by atoms with Crippen LogP contribution in [0, 0.1) is 5.82 Å². The van der Waals surface area contributed by atoms with Crippen molar-refractivity contribution in [1.29, 1.82) is 0 Å². The normalized spacial score (nSPS) is 14.0. The van der Waals surface area contributed by atoms with Crippen molar-refractivity contribution in [1.82, 2.24) is 30.1 Å². The first kappa shape index (κ1) is 22.2. The van der Waals surface area contributed by atoms with Gasteiger partial charge < -0.3 is 15.2 Å². The van der Waals surface area contributed by atoms with E-state index >= 15 is 0 Å². The second kappa shape index (κ2) is 10.5. The van der Waals surface area contributed by atoms with Gasteiger partial charge in [0.25, 0.3) is 0 Å². The molecule has 2 heterocycles. The highest BCUT2D eigenvalue weighted by Crippen LogP contribution is 2.14. The Bertz CT molecular complexity index is 946. The summed E-state index contributed by atoms with van der Waals surface area (Å²) in [4.78, 5) is 11.9. The number of carbonyl (C=O) groups is 1. The molecule has 2 aromatic rings. The van der Waals surface area contributed by atoms with Crippen molar-refractivity contribution in [3.05, 3.63) is 47.3 Å². The van der Waals surface area contributed by atoms with E-state index in [1.165, 1.54) is 30.7 Å². The summed E-state index contributed by atoms with van der Waals surface area (Å²) >= 11 is 0. The summed E-state index contributed by atoms with van der Waals surface area (Å²) in [5, 5.41) is 13.7. The highest BCUT2D eigenvalue weighted by atomic mass is 32.2. The highest BCUT2D eigenvalue weighted by Gasteiger charge is 2.15. The number of halogens is 1. The van der Waals surface area contributed by atoms with Crippen molar-refractivity contribution in [2.75, 3.05) is 18.8 Å². The monoisotopic (exact) mass is 438 g/mol. The largest absolute Gasteiger partial charge is 0.338 e. The van der Waals surface area contributed by atoms with Crippen LogP contribution >= 0.6 is 0 Å². The van der Waals surface area contributed by atoms with Crippen molar-refractivity contribution >= 4 is 16.1 Å². The summed E-state index contributed by atoms with van der Waals surface area (Å²) < 4.78 is 41.4. The number of amides is 2. The average molecular weight is 439 g/mol. The van der Waals surface area contributed by atoms with E-state index in [0.717, 1.165) is 37.5 Å². The van der Waals surface area contributed by atoms with Crippen LogP contribution in [-0.4, -0.2) is 48.1 Å². The first-order valence-electron chi connectivity index (χ1n) is 10.1. The number of hydrogen-bond acceptors (Lipinski definition) is 5. The maximum Gasteiger partial charge on any atom is 0.314 e. The van der Waals surface area contributed by atoms with Crippen LogP contribution in [-0.2, 0) is 36.0 Å². The van der Waals surface area contributed by atoms with E-state index in [1.54, 1.807) is 0 Å². The zero-order valence-electron chi connectivity index (χ0n) is 16.7. The summed E-state index contributed by atoms with van der Waals surface area (Å²) in [6.45, 7) is 1.34. The first-order chi connectivity index (χ1) is 14.4. The Balaban J connectivity index is 1.33. The number of aryl methyl sites for hydroxylation is 1. The van der Waals surface area contributed by atoms with E-state index < -0.39 is 16.1 Å². The molecule has 0 unspecified atom stereocenters. The summed E-state index contributed by atoms with van der Waals surface area (Å²) in [5.74, 6) is 1.24. The average Bonchev–Trinajstić information content (AvgIpc) is 2.94. The molecule has 1 aromatic heterocycles. The maximum absolute atomic E-state index is 12.9. The molecule has 9 nitrogen and oxygen atoms in total. The molecule has 0 aliphatic carbocycles. The van der Waals surface area contributed by atoms with Crippen LogP contribution in [0.25, 0.3) is 0 Å². The lowest BCUT2D eigenvalue weighted by Gasteiger charge is -2.10. The Kier molecular flexibility index (Phi) is 7.75. The fraction of sp³-hybridized carbons (Fsp3) is 0.526. The molecule has 0 saturated heterocycles. The van der Waals surface area contributed by atoms with Crippen LogP contribution in [0.1, 0.15) is 36.5 Å². The lowest BCUT2D eigenvalue weighted by molar-refractivity contribution is 0.241. The third kappa shape index (κ3) is 6.77. The molecule has 0 bridgehead atoms. The lowest BCUT2D eigenvalue weighted by Crippen LogP contribution is -2.40. The van der Waals surface area contributed by atoms with Gasteiger partial charge in [-0.25, -0.2) is 22.3 Å². The van der Waals surface area contributed by atoms with E-state index in [-0.39, 0.29) is 24.7 Å². The molecule has 0 spiro atoms. The number of nitrogens with one attached hydrogen (secondary N) is 3. The molecule has 0 atom stereocenters. The lowest BCUT2D eigenvalue weighted by atomic mass is 10.2. The molecule has 1 aliphatic rings. The van der Waals surface area contributed by atoms with Crippen LogP contribution in [0.4, 0.5) is 9.18 Å². The van der Waals surface area contributed by atoms with Gasteiger partial charge in [-0.3, -0.25) is 0 Å². The van der Waals surface area contributed by atoms with Crippen molar-refractivity contribution < 1.29 is 17.6 Å². The van der Waals surface area contributed by atoms with Gasteiger partial charge in [0.2, 0.25) is 10.0 Å². The fourth-order valence-corrected chi connectivity index (χ4v) is 4.15. The molecule has 3 rings (SSSR count). The predicted molar refractivity (Wildman–Crippen MR) is 110 cm³/mol. The van der Waals surface area contributed by atoms with Gasteiger partial charge >= 0.3 is 6.03 Å². The van der Waals surface area contributed by atoms with Gasteiger partial charge in [-0.05, 0) is 30.5 Å². The standard InChI is InChI=1S/C19H27FN6O3S/c20-16-7-5-15(6-8-16)14-23-30(28,29)13-11-22-19(27)21-10-9-18-25-24-17-4-2-1-3-12-26(17)18/h5-8,23H,1-4,9-14H2,(H2,21,22,27). The van der Waals surface area contributed by atoms with E-state index in [9.17, 15) is 17.6 Å². The molecule has 0 fully saturated rings. The van der Waals surface area contributed by atoms with Gasteiger partial charge in [0.15, 0.2) is 0 Å². The Hall–Kier alpha value is -2.53. The zero-order valence-corrected chi connectivity index (χ0v) is 17.5. The molecular formula is C19H27FN6O3S. The Morgan fingerprint density at radius 3 is 2.63 bits per heavy atom. The third-order valence-corrected chi connectivity index (χ3v) is 6.21. The summed E-state index contributed by atoms with van der Waals surface area (Å²) in [5.41, 5.74) is 0.650. The van der Waals surface area contributed by atoms with Crippen LogP contribution in [0.3, 0.4) is 0 Å². The predicted octanol–water partition coefficient (Wildman–Crippen LogP) is 1.10. The number of fused-ring (bicyclic) bond motifs is 1. The van der Waals surface area contributed by atoms with Gasteiger partial charge in [-0.2, -0.15) is 0 Å². The topological polar surface area (TPSA) is 118 Å². The second-order valence-corrected chi connectivity index (χ2v) is 9.12. The molecule has 0 saturated carbocycles. The number of rotatable bonds is 9. The third-order valence-electron chi connectivity index (χ3n) is 4.89. The molecule has 11 heteroatoms. The zero-order chi connectivity index (χ0) is 21.4. The van der Waals surface area contributed by atoms with Crippen molar-refractivity contribution in [3.63, 3.8) is 0 Å². The molecular weight excluding hydrogens is 411 g/mol. The van der Waals surface area contributed by atoms with Crippen LogP contribution in [0.5, 0.6) is 0 Å². The van der Waals surface area contributed by atoms with Gasteiger partial charge in [-0.1, -0.05) is 18.6 Å².